The third-order valence-corrected chi connectivity index (χ3v) is 5.00. The summed E-state index contributed by atoms with van der Waals surface area (Å²) in [6, 6.07) is 3.09. The molecule has 0 amide bonds. The maximum atomic E-state index is 12.4. The summed E-state index contributed by atoms with van der Waals surface area (Å²) in [5, 5.41) is 9.15. The maximum Gasteiger partial charge on any atom is 0.321 e. The Morgan fingerprint density at radius 2 is 2.05 bits per heavy atom. The number of methoxy groups -OCH3 is 2. The fourth-order valence-electron chi connectivity index (χ4n) is 1.71. The second kappa shape index (κ2) is 8.25. The van der Waals surface area contributed by atoms with Crippen molar-refractivity contribution in [1.29, 1.82) is 0 Å². The summed E-state index contributed by atoms with van der Waals surface area (Å²) in [6.07, 6.45) is 2.00. The summed E-state index contributed by atoms with van der Waals surface area (Å²) in [5.41, 5.74) is 0. The van der Waals surface area contributed by atoms with E-state index in [4.69, 9.17) is 14.6 Å². The summed E-state index contributed by atoms with van der Waals surface area (Å²) in [7, 11) is -1.31. The fraction of sp³-hybridized carbons (Fsp3) is 0.462. The van der Waals surface area contributed by atoms with Crippen molar-refractivity contribution in [2.45, 2.75) is 17.4 Å². The Labute approximate surface area is 134 Å². The topological polar surface area (TPSA) is 102 Å². The lowest BCUT2D eigenvalue weighted by atomic mass is 10.2. The summed E-state index contributed by atoms with van der Waals surface area (Å²) in [5.74, 6) is -0.256. The molecule has 0 bridgehead atoms. The zero-order valence-electron chi connectivity index (χ0n) is 12.5. The minimum Gasteiger partial charge on any atom is -0.497 e. The predicted octanol–water partition coefficient (Wildman–Crippen LogP) is 1.19. The Morgan fingerprint density at radius 3 is 2.55 bits per heavy atom. The molecule has 2 N–H and O–H groups in total. The molecule has 1 aromatic carbocycles. The molecule has 0 fully saturated rings. The van der Waals surface area contributed by atoms with Crippen molar-refractivity contribution in [3.8, 4) is 11.5 Å². The van der Waals surface area contributed by atoms with Crippen LogP contribution in [-0.2, 0) is 14.8 Å². The third-order valence-electron chi connectivity index (χ3n) is 2.87. The molecular weight excluding hydrogens is 330 g/mol. The van der Waals surface area contributed by atoms with Gasteiger partial charge in [-0.2, -0.15) is 16.5 Å². The van der Waals surface area contributed by atoms with Crippen LogP contribution in [0.1, 0.15) is 6.42 Å². The molecule has 0 radical (unpaired) electrons. The second-order valence-electron chi connectivity index (χ2n) is 4.31. The first-order chi connectivity index (χ1) is 10.4. The Hall–Kier alpha value is -1.45. The molecule has 9 heteroatoms. The minimum atomic E-state index is -4.06. The van der Waals surface area contributed by atoms with Crippen molar-refractivity contribution in [2.24, 2.45) is 0 Å². The highest BCUT2D eigenvalue weighted by atomic mass is 32.2. The first-order valence-electron chi connectivity index (χ1n) is 6.31. The van der Waals surface area contributed by atoms with Crippen LogP contribution in [0.3, 0.4) is 0 Å². The van der Waals surface area contributed by atoms with Gasteiger partial charge in [-0.3, -0.25) is 4.79 Å². The molecule has 0 aliphatic carbocycles. The first-order valence-corrected chi connectivity index (χ1v) is 9.19. The predicted molar refractivity (Wildman–Crippen MR) is 84.3 cm³/mol. The SMILES string of the molecule is COc1ccc(OC)c(S(=O)(=O)N[C@@H](CCSC)C(=O)O)c1. The number of benzene rings is 1. The van der Waals surface area contributed by atoms with Gasteiger partial charge < -0.3 is 14.6 Å². The van der Waals surface area contributed by atoms with Crippen LogP contribution in [0.5, 0.6) is 11.5 Å². The molecule has 0 spiro atoms. The molecule has 22 heavy (non-hydrogen) atoms. The number of hydrogen-bond donors (Lipinski definition) is 2. The van der Waals surface area contributed by atoms with E-state index in [9.17, 15) is 13.2 Å². The van der Waals surface area contributed by atoms with Crippen LogP contribution in [0.25, 0.3) is 0 Å². The summed E-state index contributed by atoms with van der Waals surface area (Å²) >= 11 is 1.44. The molecule has 7 nitrogen and oxygen atoms in total. The number of ether oxygens (including phenoxy) is 2. The summed E-state index contributed by atoms with van der Waals surface area (Å²) in [4.78, 5) is 11.0. The molecule has 1 aromatic rings. The van der Waals surface area contributed by atoms with Gasteiger partial charge in [-0.05, 0) is 30.6 Å². The highest BCUT2D eigenvalue weighted by Crippen LogP contribution is 2.28. The van der Waals surface area contributed by atoms with Crippen LogP contribution >= 0.6 is 11.8 Å². The van der Waals surface area contributed by atoms with Crippen LogP contribution in [0.2, 0.25) is 0 Å². The highest BCUT2D eigenvalue weighted by Gasteiger charge is 2.27. The molecular formula is C13H19NO6S2. The second-order valence-corrected chi connectivity index (χ2v) is 6.98. The number of thioether (sulfide) groups is 1. The number of carbonyl (C=O) groups is 1. The molecule has 1 atom stereocenters. The van der Waals surface area contributed by atoms with Crippen molar-refractivity contribution in [2.75, 3.05) is 26.2 Å². The van der Waals surface area contributed by atoms with Crippen molar-refractivity contribution >= 4 is 27.8 Å². The van der Waals surface area contributed by atoms with Crippen LogP contribution in [0.4, 0.5) is 0 Å². The third kappa shape index (κ3) is 4.79. The Kier molecular flexibility index (Phi) is 6.98. The van der Waals surface area contributed by atoms with Crippen LogP contribution < -0.4 is 14.2 Å². The molecule has 0 aliphatic rings. The van der Waals surface area contributed by atoms with Gasteiger partial charge in [0.15, 0.2) is 0 Å². The van der Waals surface area contributed by atoms with E-state index < -0.39 is 22.0 Å². The van der Waals surface area contributed by atoms with E-state index in [1.807, 2.05) is 6.26 Å². The van der Waals surface area contributed by atoms with Gasteiger partial charge in [0.05, 0.1) is 14.2 Å². The van der Waals surface area contributed by atoms with Crippen LogP contribution in [-0.4, -0.2) is 51.8 Å². The van der Waals surface area contributed by atoms with E-state index >= 15 is 0 Å². The van der Waals surface area contributed by atoms with E-state index in [0.29, 0.717) is 11.5 Å². The normalized spacial score (nSPS) is 12.7. The fourth-order valence-corrected chi connectivity index (χ4v) is 3.59. The minimum absolute atomic E-state index is 0.113. The molecule has 0 saturated carbocycles. The van der Waals surface area contributed by atoms with Crippen LogP contribution in [0.15, 0.2) is 23.1 Å². The highest BCUT2D eigenvalue weighted by molar-refractivity contribution is 7.98. The van der Waals surface area contributed by atoms with E-state index in [0.717, 1.165) is 0 Å². The zero-order valence-corrected chi connectivity index (χ0v) is 14.2. The smallest absolute Gasteiger partial charge is 0.321 e. The van der Waals surface area contributed by atoms with Gasteiger partial charge in [-0.1, -0.05) is 0 Å². The lowest BCUT2D eigenvalue weighted by Crippen LogP contribution is -2.41. The number of hydrogen-bond acceptors (Lipinski definition) is 6. The maximum absolute atomic E-state index is 12.4. The number of carboxylic acid groups (broad SMARTS) is 1. The molecule has 0 unspecified atom stereocenters. The van der Waals surface area contributed by atoms with E-state index in [2.05, 4.69) is 4.72 Å². The van der Waals surface area contributed by atoms with E-state index in [1.54, 1.807) is 6.07 Å². The number of sulfonamides is 1. The summed E-state index contributed by atoms with van der Waals surface area (Å²) < 4.78 is 37.1. The van der Waals surface area contributed by atoms with Crippen LogP contribution in [0, 0.1) is 0 Å². The van der Waals surface area contributed by atoms with Gasteiger partial charge in [-0.15, -0.1) is 0 Å². The van der Waals surface area contributed by atoms with Crippen molar-refractivity contribution in [3.05, 3.63) is 18.2 Å². The lowest BCUT2D eigenvalue weighted by molar-refractivity contribution is -0.139. The van der Waals surface area contributed by atoms with E-state index in [-0.39, 0.29) is 17.1 Å². The molecule has 0 heterocycles. The van der Waals surface area contributed by atoms with Gasteiger partial charge in [0, 0.05) is 6.07 Å². The number of rotatable bonds is 9. The average Bonchev–Trinajstić information content (AvgIpc) is 2.50. The molecule has 124 valence electrons. The number of nitrogens with one attached hydrogen (secondary N) is 1. The van der Waals surface area contributed by atoms with Crippen molar-refractivity contribution in [3.63, 3.8) is 0 Å². The monoisotopic (exact) mass is 349 g/mol. The average molecular weight is 349 g/mol. The molecule has 0 aliphatic heterocycles. The number of aliphatic carboxylic acids is 1. The quantitative estimate of drug-likeness (QED) is 0.690. The molecule has 0 saturated heterocycles. The van der Waals surface area contributed by atoms with Gasteiger partial charge in [0.25, 0.3) is 0 Å². The van der Waals surface area contributed by atoms with Gasteiger partial charge >= 0.3 is 5.97 Å². The van der Waals surface area contributed by atoms with Crippen molar-refractivity contribution in [1.82, 2.24) is 4.72 Å². The molecule has 0 aromatic heterocycles. The number of carboxylic acids is 1. The summed E-state index contributed by atoms with van der Waals surface area (Å²) in [6.45, 7) is 0. The Morgan fingerprint density at radius 1 is 1.36 bits per heavy atom. The van der Waals surface area contributed by atoms with Gasteiger partial charge in [0.1, 0.15) is 22.4 Å². The first kappa shape index (κ1) is 18.6. The van der Waals surface area contributed by atoms with E-state index in [1.165, 1.54) is 38.1 Å². The Balaban J connectivity index is 3.14. The standard InChI is InChI=1S/C13H19NO6S2/c1-19-9-4-5-11(20-2)12(8-9)22(17,18)14-10(13(15)16)6-7-21-3/h4-5,8,10,14H,6-7H2,1-3H3,(H,15,16)/t10-/m0/s1. The van der Waals surface area contributed by atoms with Crippen molar-refractivity contribution < 1.29 is 27.8 Å². The zero-order chi connectivity index (χ0) is 16.8. The molecule has 1 rings (SSSR count). The van der Waals surface area contributed by atoms with Gasteiger partial charge in [0.2, 0.25) is 10.0 Å². The largest absolute Gasteiger partial charge is 0.497 e. The van der Waals surface area contributed by atoms with Gasteiger partial charge in [-0.25, -0.2) is 8.42 Å². The Bertz CT molecular complexity index is 617. The lowest BCUT2D eigenvalue weighted by Gasteiger charge is -2.16.